The smallest absolute Gasteiger partial charge is 0.409 e. The zero-order valence-electron chi connectivity index (χ0n) is 29.2. The number of piperazine rings is 1. The molecular formula is C36H58N6O4. The number of amides is 2. The highest BCUT2D eigenvalue weighted by Crippen LogP contribution is 2.39. The molecule has 4 N–H and O–H groups in total. The quantitative estimate of drug-likeness (QED) is 0.226. The number of aryl methyl sites for hydroxylation is 1. The Bertz CT molecular complexity index is 1180. The number of fused-ring (bicyclic) bond motifs is 1. The lowest BCUT2D eigenvalue weighted by molar-refractivity contribution is -0.124. The molecule has 4 rings (SSSR count). The van der Waals surface area contributed by atoms with Gasteiger partial charge < -0.3 is 30.7 Å². The van der Waals surface area contributed by atoms with Gasteiger partial charge in [-0.3, -0.25) is 14.7 Å². The molecule has 0 bridgehead atoms. The number of hydrogen-bond acceptors (Lipinski definition) is 7. The molecule has 256 valence electrons. The van der Waals surface area contributed by atoms with E-state index in [1.807, 2.05) is 38.7 Å². The predicted octanol–water partition coefficient (Wildman–Crippen LogP) is 5.58. The molecule has 1 aromatic rings. The van der Waals surface area contributed by atoms with Gasteiger partial charge in [-0.2, -0.15) is 0 Å². The third-order valence-corrected chi connectivity index (χ3v) is 7.36. The minimum absolute atomic E-state index is 0.0287. The van der Waals surface area contributed by atoms with Crippen LogP contribution in [0.2, 0.25) is 0 Å². The van der Waals surface area contributed by atoms with Crippen molar-refractivity contribution in [2.24, 2.45) is 16.6 Å². The lowest BCUT2D eigenvalue weighted by Crippen LogP contribution is -2.50. The number of rotatable bonds is 10. The Hall–Kier alpha value is -3.89. The van der Waals surface area contributed by atoms with Crippen LogP contribution in [0.25, 0.3) is 5.57 Å². The Morgan fingerprint density at radius 1 is 1.15 bits per heavy atom. The summed E-state index contributed by atoms with van der Waals surface area (Å²) in [5.74, 6) is 0.352. The summed E-state index contributed by atoms with van der Waals surface area (Å²) < 4.78 is 10.6. The number of nitrogens with zero attached hydrogens (tertiary/aromatic N) is 3. The second-order valence-corrected chi connectivity index (χ2v) is 10.7. The van der Waals surface area contributed by atoms with Gasteiger partial charge in [-0.15, -0.1) is 0 Å². The topological polar surface area (TPSA) is 122 Å². The Morgan fingerprint density at radius 3 is 2.39 bits per heavy atom. The highest BCUT2D eigenvalue weighted by atomic mass is 16.6. The van der Waals surface area contributed by atoms with Crippen molar-refractivity contribution in [1.82, 2.24) is 20.4 Å². The number of aliphatic imine (C=N–C) groups is 1. The van der Waals surface area contributed by atoms with Crippen molar-refractivity contribution in [3.63, 3.8) is 0 Å². The molecule has 0 radical (unpaired) electrons. The summed E-state index contributed by atoms with van der Waals surface area (Å²) in [5.41, 5.74) is 9.98. The van der Waals surface area contributed by atoms with Crippen LogP contribution in [0.4, 0.5) is 4.79 Å². The lowest BCUT2D eigenvalue weighted by Gasteiger charge is -2.39. The van der Waals surface area contributed by atoms with E-state index in [0.29, 0.717) is 25.6 Å². The van der Waals surface area contributed by atoms with Crippen LogP contribution in [0, 0.1) is 12.8 Å². The standard InChI is InChI=1S/C30H41N5O4.C2H5N.2C2H6/c1-21-5-8-24-25(15-21)26(27(9-10-32-20-31-3)33-29(36)19-38-4)16-22(2)17-28(24)34-11-13-35(14-12-34)30(37)39-18-23-6-7-23;1-2-3;2*1-2/h5,8-10,15-16,20,23,27-28H,2,6-7,11-14,17-19H2,1,3-4H3,(H,31,32)(H,33,36);2H,1,3H2;2*1-2H3/b10-9+;;;. The van der Waals surface area contributed by atoms with Gasteiger partial charge >= 0.3 is 6.09 Å². The maximum absolute atomic E-state index is 12.6. The second kappa shape index (κ2) is 22.6. The number of carbonyl (C=O) groups is 2. The first-order valence-electron chi connectivity index (χ1n) is 16.4. The molecule has 46 heavy (non-hydrogen) atoms. The molecule has 10 heteroatoms. The molecule has 1 heterocycles. The minimum atomic E-state index is -0.403. The zero-order valence-corrected chi connectivity index (χ0v) is 29.2. The van der Waals surface area contributed by atoms with E-state index in [2.05, 4.69) is 70.6 Å². The molecule has 2 unspecified atom stereocenters. The maximum Gasteiger partial charge on any atom is 0.409 e. The molecule has 2 aliphatic carbocycles. The van der Waals surface area contributed by atoms with Gasteiger partial charge in [-0.1, -0.05) is 76.3 Å². The molecule has 0 spiro atoms. The number of methoxy groups -OCH3 is 1. The van der Waals surface area contributed by atoms with E-state index in [1.54, 1.807) is 19.6 Å². The lowest BCUT2D eigenvalue weighted by atomic mass is 9.90. The third kappa shape index (κ3) is 13.2. The fourth-order valence-corrected chi connectivity index (χ4v) is 5.13. The van der Waals surface area contributed by atoms with Crippen molar-refractivity contribution in [3.05, 3.63) is 78.2 Å². The van der Waals surface area contributed by atoms with Crippen LogP contribution in [0.15, 0.2) is 66.5 Å². The number of hydrogen-bond donors (Lipinski definition) is 3. The molecule has 2 amide bonds. The Balaban J connectivity index is 0.00000140. The summed E-state index contributed by atoms with van der Waals surface area (Å²) in [6, 6.07) is 6.22. The molecule has 2 atom stereocenters. The van der Waals surface area contributed by atoms with Gasteiger partial charge in [0.25, 0.3) is 0 Å². The van der Waals surface area contributed by atoms with Gasteiger partial charge in [0.2, 0.25) is 5.91 Å². The highest BCUT2D eigenvalue weighted by molar-refractivity contribution is 5.84. The summed E-state index contributed by atoms with van der Waals surface area (Å²) in [7, 11) is 3.19. The molecule has 1 saturated carbocycles. The summed E-state index contributed by atoms with van der Waals surface area (Å²) in [4.78, 5) is 33.3. The molecule has 10 nitrogen and oxygen atoms in total. The summed E-state index contributed by atoms with van der Waals surface area (Å²) >= 11 is 0. The number of nitrogens with two attached hydrogens (primary N) is 1. The van der Waals surface area contributed by atoms with Crippen LogP contribution in [-0.4, -0.2) is 87.7 Å². The van der Waals surface area contributed by atoms with E-state index in [-0.39, 0.29) is 24.6 Å². The van der Waals surface area contributed by atoms with Gasteiger partial charge in [0.15, 0.2) is 0 Å². The molecule has 3 aliphatic rings. The van der Waals surface area contributed by atoms with Gasteiger partial charge in [-0.05, 0) is 61.1 Å². The Labute approximate surface area is 277 Å². The van der Waals surface area contributed by atoms with E-state index < -0.39 is 6.04 Å². The maximum atomic E-state index is 12.6. The van der Waals surface area contributed by atoms with Gasteiger partial charge in [0, 0.05) is 52.6 Å². The van der Waals surface area contributed by atoms with Crippen molar-refractivity contribution >= 4 is 23.9 Å². The van der Waals surface area contributed by atoms with Crippen LogP contribution >= 0.6 is 0 Å². The third-order valence-electron chi connectivity index (χ3n) is 7.36. The first-order chi connectivity index (χ1) is 22.3. The van der Waals surface area contributed by atoms with Crippen molar-refractivity contribution in [3.8, 4) is 0 Å². The van der Waals surface area contributed by atoms with Crippen molar-refractivity contribution in [2.75, 3.05) is 53.6 Å². The molecule has 1 saturated heterocycles. The predicted molar refractivity (Wildman–Crippen MR) is 190 cm³/mol. The van der Waals surface area contributed by atoms with Crippen LogP contribution < -0.4 is 16.4 Å². The van der Waals surface area contributed by atoms with E-state index >= 15 is 0 Å². The van der Waals surface area contributed by atoms with Crippen molar-refractivity contribution in [2.45, 2.75) is 66.0 Å². The summed E-state index contributed by atoms with van der Waals surface area (Å²) in [6.07, 6.45) is 11.5. The van der Waals surface area contributed by atoms with E-state index in [0.717, 1.165) is 54.6 Å². The number of carbonyl (C=O) groups excluding carboxylic acids is 2. The molecule has 2 fully saturated rings. The largest absolute Gasteiger partial charge is 0.449 e. The normalized spacial score (nSPS) is 18.2. The van der Waals surface area contributed by atoms with Crippen molar-refractivity contribution < 1.29 is 19.1 Å². The zero-order chi connectivity index (χ0) is 34.5. The van der Waals surface area contributed by atoms with Crippen LogP contribution in [-0.2, 0) is 14.3 Å². The number of ether oxygens (including phenoxy) is 2. The summed E-state index contributed by atoms with van der Waals surface area (Å²) in [6.45, 7) is 20.9. The first kappa shape index (κ1) is 40.1. The van der Waals surface area contributed by atoms with Crippen molar-refractivity contribution in [1.29, 1.82) is 0 Å². The highest BCUT2D eigenvalue weighted by Gasteiger charge is 2.33. The number of nitrogens with one attached hydrogen (secondary N) is 2. The van der Waals surface area contributed by atoms with Gasteiger partial charge in [-0.25, -0.2) is 4.79 Å². The molecule has 1 aliphatic heterocycles. The minimum Gasteiger partial charge on any atom is -0.449 e. The van der Waals surface area contributed by atoms with Crippen LogP contribution in [0.5, 0.6) is 0 Å². The molecule has 0 aromatic heterocycles. The van der Waals surface area contributed by atoms with E-state index in [1.165, 1.54) is 18.9 Å². The van der Waals surface area contributed by atoms with Crippen LogP contribution in [0.3, 0.4) is 0 Å². The average molecular weight is 639 g/mol. The van der Waals surface area contributed by atoms with Crippen LogP contribution in [0.1, 0.15) is 69.7 Å². The molecular weight excluding hydrogens is 580 g/mol. The second-order valence-electron chi connectivity index (χ2n) is 10.7. The fraction of sp³-hybridized carbons (Fsp3) is 0.528. The summed E-state index contributed by atoms with van der Waals surface area (Å²) in [5, 5.41) is 6.10. The monoisotopic (exact) mass is 638 g/mol. The SMILES string of the molecule is C=C1C=C(C(/C=C/NC=NC)NC(=O)COC)c2cc(C)ccc2C(N2CCN(C(=O)OCC3CC3)CC2)C1.C=CN.CC.CC. The Kier molecular flexibility index (Phi) is 19.7. The van der Waals surface area contributed by atoms with Gasteiger partial charge in [0.05, 0.1) is 19.0 Å². The average Bonchev–Trinajstić information content (AvgIpc) is 3.91. The van der Waals surface area contributed by atoms with Gasteiger partial charge in [0.1, 0.15) is 6.61 Å². The number of benzene rings is 1. The Morgan fingerprint density at radius 2 is 1.80 bits per heavy atom. The van der Waals surface area contributed by atoms with E-state index in [9.17, 15) is 9.59 Å². The van der Waals surface area contributed by atoms with E-state index in [4.69, 9.17) is 9.47 Å². The fourth-order valence-electron chi connectivity index (χ4n) is 5.13. The molecule has 1 aromatic carbocycles. The number of allylic oxidation sites excluding steroid dienone is 1. The first-order valence-corrected chi connectivity index (χ1v) is 16.4.